The molecule has 11 nitrogen and oxygen atoms in total. The van der Waals surface area contributed by atoms with Crippen LogP contribution >= 0.6 is 7.82 Å². The van der Waals surface area contributed by atoms with Gasteiger partial charge in [0, 0.05) is 19.3 Å². The maximum Gasteiger partial charge on any atom is 0.472 e. The van der Waals surface area contributed by atoms with E-state index in [0.29, 0.717) is 19.3 Å². The van der Waals surface area contributed by atoms with Gasteiger partial charge in [0.15, 0.2) is 6.10 Å². The van der Waals surface area contributed by atoms with E-state index < -0.39 is 57.8 Å². The molecule has 0 fully saturated rings. The highest BCUT2D eigenvalue weighted by Gasteiger charge is 2.28. The second-order valence-corrected chi connectivity index (χ2v) is 19.8. The standard InChI is InChI=1S/C58H101O11P/c1-4-7-10-13-16-19-22-24-25-26-27-28-29-31-34-37-40-43-46-49-58(62)69-55(51-65-56(60)47-44-41-38-35-33-30-23-20-17-14-11-8-5-2)53-67-70(63,64)66-52-54(50-59)68-57(61)48-45-42-39-36-32-21-18-15-12-9-6-3/h11,14-16,18-20,23-25,27-28,54-55,59H,4-10,12-13,17,21-22,26,29-53H2,1-3H3,(H,63,64)/b14-11-,18-15-,19-16-,23-20-,25-24-,28-27-. The number of carbonyl (C=O) groups is 3. The molecule has 0 spiro atoms. The molecule has 0 rings (SSSR count). The molecule has 0 aliphatic heterocycles. The summed E-state index contributed by atoms with van der Waals surface area (Å²) in [4.78, 5) is 48.4. The van der Waals surface area contributed by atoms with Gasteiger partial charge in [-0.15, -0.1) is 0 Å². The summed E-state index contributed by atoms with van der Waals surface area (Å²) in [5.41, 5.74) is 0. The molecule has 0 aliphatic carbocycles. The molecule has 0 radical (unpaired) electrons. The van der Waals surface area contributed by atoms with Gasteiger partial charge in [0.05, 0.1) is 19.8 Å². The summed E-state index contributed by atoms with van der Waals surface area (Å²) in [5, 5.41) is 9.78. The third-order valence-corrected chi connectivity index (χ3v) is 12.5. The Balaban J connectivity index is 4.77. The lowest BCUT2D eigenvalue weighted by Gasteiger charge is -2.21. The highest BCUT2D eigenvalue weighted by atomic mass is 31.2. The Hall–Kier alpha value is -3.08. The Kier molecular flexibility index (Phi) is 50.0. The van der Waals surface area contributed by atoms with Crippen molar-refractivity contribution in [1.29, 1.82) is 0 Å². The van der Waals surface area contributed by atoms with E-state index in [0.717, 1.165) is 135 Å². The van der Waals surface area contributed by atoms with E-state index in [1.807, 2.05) is 0 Å². The summed E-state index contributed by atoms with van der Waals surface area (Å²) in [6.07, 6.45) is 57.2. The van der Waals surface area contributed by atoms with Crippen molar-refractivity contribution in [2.45, 2.75) is 251 Å². The fourth-order valence-corrected chi connectivity index (χ4v) is 8.05. The predicted octanol–water partition coefficient (Wildman–Crippen LogP) is 16.1. The van der Waals surface area contributed by atoms with Crippen LogP contribution in [-0.4, -0.2) is 66.5 Å². The maximum atomic E-state index is 12.9. The highest BCUT2D eigenvalue weighted by molar-refractivity contribution is 7.47. The number of esters is 3. The Morgan fingerprint density at radius 1 is 0.400 bits per heavy atom. The molecule has 12 heteroatoms. The van der Waals surface area contributed by atoms with Crippen molar-refractivity contribution in [3.05, 3.63) is 72.9 Å². The number of carbonyl (C=O) groups excluding carboxylic acids is 3. The molecule has 2 N–H and O–H groups in total. The molecular weight excluding hydrogens is 904 g/mol. The fraction of sp³-hybridized carbons (Fsp3) is 0.741. The number of rotatable bonds is 51. The van der Waals surface area contributed by atoms with Crippen LogP contribution in [0.5, 0.6) is 0 Å². The fourth-order valence-electron chi connectivity index (χ4n) is 7.26. The summed E-state index contributed by atoms with van der Waals surface area (Å²) >= 11 is 0. The average molecular weight is 1010 g/mol. The van der Waals surface area contributed by atoms with Crippen LogP contribution in [-0.2, 0) is 42.2 Å². The maximum absolute atomic E-state index is 12.9. The van der Waals surface area contributed by atoms with Crippen LogP contribution in [0.25, 0.3) is 0 Å². The van der Waals surface area contributed by atoms with Gasteiger partial charge in [-0.1, -0.05) is 190 Å². The van der Waals surface area contributed by atoms with Gasteiger partial charge in [0.25, 0.3) is 0 Å². The first-order valence-corrected chi connectivity index (χ1v) is 29.3. The Bertz CT molecular complexity index is 1450. The Morgan fingerprint density at radius 3 is 1.19 bits per heavy atom. The zero-order chi connectivity index (χ0) is 51.3. The number of phosphoric acid groups is 1. The van der Waals surface area contributed by atoms with E-state index in [9.17, 15) is 28.9 Å². The number of unbranched alkanes of at least 4 members (excludes halogenated alkanes) is 22. The molecule has 3 atom stereocenters. The number of hydrogen-bond donors (Lipinski definition) is 2. The number of hydrogen-bond acceptors (Lipinski definition) is 10. The summed E-state index contributed by atoms with van der Waals surface area (Å²) in [6, 6.07) is 0. The van der Waals surface area contributed by atoms with Crippen LogP contribution < -0.4 is 0 Å². The molecule has 0 bridgehead atoms. The van der Waals surface area contributed by atoms with Gasteiger partial charge in [-0.2, -0.15) is 0 Å². The molecule has 0 aromatic heterocycles. The first-order valence-electron chi connectivity index (χ1n) is 27.8. The van der Waals surface area contributed by atoms with Crippen LogP contribution in [0.2, 0.25) is 0 Å². The summed E-state index contributed by atoms with van der Waals surface area (Å²) in [7, 11) is -4.75. The number of aliphatic hydroxyl groups excluding tert-OH is 1. The van der Waals surface area contributed by atoms with Gasteiger partial charge in [-0.25, -0.2) is 4.57 Å². The van der Waals surface area contributed by atoms with Gasteiger partial charge in [-0.05, 0) is 103 Å². The molecule has 0 amide bonds. The molecule has 0 aliphatic rings. The highest BCUT2D eigenvalue weighted by Crippen LogP contribution is 2.43. The number of phosphoric ester groups is 1. The quantitative estimate of drug-likeness (QED) is 0.0197. The largest absolute Gasteiger partial charge is 0.472 e. The van der Waals surface area contributed by atoms with Gasteiger partial charge in [0.2, 0.25) is 0 Å². The molecule has 0 aromatic carbocycles. The minimum atomic E-state index is -4.75. The third kappa shape index (κ3) is 49.9. The molecule has 0 aromatic rings. The van der Waals surface area contributed by atoms with E-state index in [-0.39, 0.29) is 25.9 Å². The van der Waals surface area contributed by atoms with E-state index in [4.69, 9.17) is 23.3 Å². The van der Waals surface area contributed by atoms with Crippen molar-refractivity contribution in [2.75, 3.05) is 26.4 Å². The summed E-state index contributed by atoms with van der Waals surface area (Å²) < 4.78 is 39.4. The lowest BCUT2D eigenvalue weighted by atomic mass is 10.1. The SMILES string of the molecule is CCC/C=C\C/C=C\CCCCCCCC(=O)OCC(COP(=O)(O)OCC(CO)OC(=O)CCCCCCC/C=C\CCCC)OC(=O)CCCCCCCC/C=C\C/C=C\C/C=C\CCCCC. The predicted molar refractivity (Wildman–Crippen MR) is 288 cm³/mol. The number of aliphatic hydroxyl groups is 1. The molecular formula is C58H101O11P. The normalized spacial score (nSPS) is 14.0. The Labute approximate surface area is 427 Å². The minimum Gasteiger partial charge on any atom is -0.462 e. The average Bonchev–Trinajstić information content (AvgIpc) is 3.35. The second kappa shape index (κ2) is 52.2. The Morgan fingerprint density at radius 2 is 0.743 bits per heavy atom. The van der Waals surface area contributed by atoms with Gasteiger partial charge in [0.1, 0.15) is 12.7 Å². The van der Waals surface area contributed by atoms with Crippen molar-refractivity contribution in [3.8, 4) is 0 Å². The smallest absolute Gasteiger partial charge is 0.462 e. The lowest BCUT2D eigenvalue weighted by molar-refractivity contribution is -0.161. The van der Waals surface area contributed by atoms with Gasteiger partial charge < -0.3 is 24.2 Å². The van der Waals surface area contributed by atoms with E-state index in [1.54, 1.807) is 0 Å². The lowest BCUT2D eigenvalue weighted by Crippen LogP contribution is -2.30. The third-order valence-electron chi connectivity index (χ3n) is 11.6. The molecule has 3 unspecified atom stereocenters. The molecule has 404 valence electrons. The number of allylic oxidation sites excluding steroid dienone is 12. The van der Waals surface area contributed by atoms with E-state index in [1.165, 1.54) is 44.9 Å². The minimum absolute atomic E-state index is 0.148. The topological polar surface area (TPSA) is 155 Å². The zero-order valence-electron chi connectivity index (χ0n) is 44.5. The van der Waals surface area contributed by atoms with E-state index in [2.05, 4.69) is 93.7 Å². The second-order valence-electron chi connectivity index (χ2n) is 18.4. The number of ether oxygens (including phenoxy) is 3. The van der Waals surface area contributed by atoms with Gasteiger partial charge >= 0.3 is 25.7 Å². The van der Waals surface area contributed by atoms with Crippen molar-refractivity contribution in [2.24, 2.45) is 0 Å². The van der Waals surface area contributed by atoms with E-state index >= 15 is 0 Å². The first-order chi connectivity index (χ1) is 34.2. The van der Waals surface area contributed by atoms with Gasteiger partial charge in [-0.3, -0.25) is 23.4 Å². The van der Waals surface area contributed by atoms with Crippen LogP contribution in [0.3, 0.4) is 0 Å². The van der Waals surface area contributed by atoms with Crippen LogP contribution in [0, 0.1) is 0 Å². The van der Waals surface area contributed by atoms with Crippen molar-refractivity contribution in [3.63, 3.8) is 0 Å². The molecule has 0 heterocycles. The zero-order valence-corrected chi connectivity index (χ0v) is 45.4. The summed E-state index contributed by atoms with van der Waals surface area (Å²) in [6.45, 7) is 4.47. The first kappa shape index (κ1) is 66.9. The molecule has 0 saturated heterocycles. The molecule has 0 saturated carbocycles. The van der Waals surface area contributed by atoms with Crippen LogP contribution in [0.15, 0.2) is 72.9 Å². The summed E-state index contributed by atoms with van der Waals surface area (Å²) in [5.74, 6) is -1.51. The monoisotopic (exact) mass is 1000 g/mol. The van der Waals surface area contributed by atoms with Crippen LogP contribution in [0.4, 0.5) is 0 Å². The molecule has 70 heavy (non-hydrogen) atoms. The van der Waals surface area contributed by atoms with Crippen molar-refractivity contribution >= 4 is 25.7 Å². The van der Waals surface area contributed by atoms with Crippen molar-refractivity contribution in [1.82, 2.24) is 0 Å². The van der Waals surface area contributed by atoms with Crippen LogP contribution in [0.1, 0.15) is 239 Å². The van der Waals surface area contributed by atoms with Crippen molar-refractivity contribution < 1.29 is 52.2 Å².